The molecule has 0 saturated carbocycles. The standard InChI is InChI=1S/C19H21O7P/c1-22-27(23-2,24-3)25-18(16(20)14-10-6-4-7-11-14)19(26-27)17(21)15-12-8-5-9-13-15/h4-13,18-19H,1-3H3. The van der Waals surface area contributed by atoms with E-state index in [1.807, 2.05) is 0 Å². The van der Waals surface area contributed by atoms with Crippen LogP contribution in [-0.4, -0.2) is 45.1 Å². The van der Waals surface area contributed by atoms with Gasteiger partial charge in [0.15, 0.2) is 0 Å². The van der Waals surface area contributed by atoms with Crippen LogP contribution in [0.2, 0.25) is 0 Å². The van der Waals surface area contributed by atoms with Crippen LogP contribution in [0.15, 0.2) is 60.7 Å². The molecule has 7 nitrogen and oxygen atoms in total. The number of benzene rings is 2. The Morgan fingerprint density at radius 1 is 0.704 bits per heavy atom. The minimum atomic E-state index is -4.55. The second-order valence-corrected chi connectivity index (χ2v) is 8.81. The van der Waals surface area contributed by atoms with E-state index < -0.39 is 31.5 Å². The third-order valence-electron chi connectivity index (χ3n) is 4.37. The Morgan fingerprint density at radius 2 is 1.04 bits per heavy atom. The van der Waals surface area contributed by atoms with Gasteiger partial charge >= 0.3 is 157 Å². The van der Waals surface area contributed by atoms with Gasteiger partial charge in [0.25, 0.3) is 0 Å². The van der Waals surface area contributed by atoms with Crippen LogP contribution in [0.3, 0.4) is 0 Å². The van der Waals surface area contributed by atoms with Gasteiger partial charge in [-0.3, -0.25) is 0 Å². The molecule has 0 aliphatic carbocycles. The molecule has 8 heteroatoms. The quantitative estimate of drug-likeness (QED) is 0.526. The van der Waals surface area contributed by atoms with E-state index in [9.17, 15) is 9.59 Å². The molecule has 1 fully saturated rings. The molecule has 27 heavy (non-hydrogen) atoms. The molecule has 144 valence electrons. The molecule has 0 radical (unpaired) electrons. The number of ketones is 2. The molecule has 1 saturated heterocycles. The molecule has 2 aromatic carbocycles. The topological polar surface area (TPSA) is 80.3 Å². The SMILES string of the molecule is COP1(OC)(OC)OC(C(=O)c2ccccc2)C(C(=O)c2ccccc2)O1. The fraction of sp³-hybridized carbons (Fsp3) is 0.263. The van der Waals surface area contributed by atoms with Crippen LogP contribution in [0.25, 0.3) is 0 Å². The van der Waals surface area contributed by atoms with Gasteiger partial charge in [-0.25, -0.2) is 0 Å². The molecule has 3 rings (SSSR count). The van der Waals surface area contributed by atoms with Crippen molar-refractivity contribution >= 4 is 19.3 Å². The van der Waals surface area contributed by atoms with Gasteiger partial charge in [0.1, 0.15) is 0 Å². The molecule has 0 amide bonds. The molecular weight excluding hydrogens is 371 g/mol. The molecule has 0 aromatic heterocycles. The normalized spacial score (nSPS) is 24.6. The fourth-order valence-electron chi connectivity index (χ4n) is 2.89. The third-order valence-corrected chi connectivity index (χ3v) is 7.31. The number of hydrogen-bond acceptors (Lipinski definition) is 7. The molecule has 0 bridgehead atoms. The first kappa shape index (κ1) is 19.8. The Kier molecular flexibility index (Phi) is 5.53. The first-order chi connectivity index (χ1) is 13.0. The van der Waals surface area contributed by atoms with E-state index in [4.69, 9.17) is 22.6 Å². The predicted molar refractivity (Wildman–Crippen MR) is 99.2 cm³/mol. The molecule has 0 N–H and O–H groups in total. The Bertz CT molecular complexity index is 746. The van der Waals surface area contributed by atoms with Gasteiger partial charge in [-0.2, -0.15) is 0 Å². The Hall–Kier alpha value is -1.99. The van der Waals surface area contributed by atoms with Gasteiger partial charge in [0.05, 0.1) is 0 Å². The zero-order valence-corrected chi connectivity index (χ0v) is 16.1. The van der Waals surface area contributed by atoms with Crippen molar-refractivity contribution in [3.05, 3.63) is 71.8 Å². The summed E-state index contributed by atoms with van der Waals surface area (Å²) in [6.45, 7) is 0. The molecule has 2 atom stereocenters. The second-order valence-electron chi connectivity index (χ2n) is 5.81. The first-order valence-corrected chi connectivity index (χ1v) is 10.1. The summed E-state index contributed by atoms with van der Waals surface area (Å²) in [5.41, 5.74) is 0.748. The summed E-state index contributed by atoms with van der Waals surface area (Å²) in [5.74, 6) is -0.856. The van der Waals surface area contributed by atoms with Crippen molar-refractivity contribution in [2.75, 3.05) is 21.3 Å². The van der Waals surface area contributed by atoms with Crippen molar-refractivity contribution in [2.24, 2.45) is 0 Å². The van der Waals surface area contributed by atoms with Crippen molar-refractivity contribution in [3.63, 3.8) is 0 Å². The van der Waals surface area contributed by atoms with Crippen molar-refractivity contribution in [1.82, 2.24) is 0 Å². The van der Waals surface area contributed by atoms with Crippen molar-refractivity contribution in [3.8, 4) is 0 Å². The van der Waals surface area contributed by atoms with E-state index in [1.165, 1.54) is 21.3 Å². The van der Waals surface area contributed by atoms with Crippen LogP contribution < -0.4 is 0 Å². The van der Waals surface area contributed by atoms with Crippen LogP contribution in [0.4, 0.5) is 0 Å². The zero-order chi connectivity index (χ0) is 19.5. The van der Waals surface area contributed by atoms with E-state index in [0.29, 0.717) is 11.1 Å². The summed E-state index contributed by atoms with van der Waals surface area (Å²) >= 11 is 0. The summed E-state index contributed by atoms with van der Waals surface area (Å²) in [6.07, 6.45) is -2.56. The minimum absolute atomic E-state index is 0.374. The van der Waals surface area contributed by atoms with Crippen LogP contribution in [0.5, 0.6) is 0 Å². The molecule has 0 spiro atoms. The van der Waals surface area contributed by atoms with E-state index >= 15 is 0 Å². The van der Waals surface area contributed by atoms with Crippen LogP contribution >= 0.6 is 7.74 Å². The van der Waals surface area contributed by atoms with E-state index in [0.717, 1.165) is 0 Å². The summed E-state index contributed by atoms with van der Waals surface area (Å²) in [6, 6.07) is 17.0. The number of hydrogen-bond donors (Lipinski definition) is 0. The van der Waals surface area contributed by atoms with Crippen molar-refractivity contribution < 1.29 is 32.2 Å². The van der Waals surface area contributed by atoms with Gasteiger partial charge in [0, 0.05) is 0 Å². The Morgan fingerprint density at radius 3 is 1.33 bits per heavy atom. The Balaban J connectivity index is 2.04. The maximum atomic E-state index is 13.1. The van der Waals surface area contributed by atoms with E-state index in [-0.39, 0.29) is 0 Å². The van der Waals surface area contributed by atoms with Gasteiger partial charge in [-0.05, 0) is 0 Å². The van der Waals surface area contributed by atoms with Gasteiger partial charge in [-0.1, -0.05) is 0 Å². The van der Waals surface area contributed by atoms with Crippen molar-refractivity contribution in [2.45, 2.75) is 12.2 Å². The first-order valence-electron chi connectivity index (χ1n) is 8.25. The molecule has 2 unspecified atom stereocenters. The Labute approximate surface area is 157 Å². The molecule has 1 heterocycles. The average Bonchev–Trinajstić information content (AvgIpc) is 3.12. The van der Waals surface area contributed by atoms with Crippen LogP contribution in [0, 0.1) is 0 Å². The van der Waals surface area contributed by atoms with E-state index in [1.54, 1.807) is 60.7 Å². The number of rotatable bonds is 7. The van der Waals surface area contributed by atoms with Crippen LogP contribution in [0.1, 0.15) is 20.7 Å². The summed E-state index contributed by atoms with van der Waals surface area (Å²) in [7, 11) is -0.706. The van der Waals surface area contributed by atoms with Gasteiger partial charge in [-0.15, -0.1) is 0 Å². The molecular formula is C19H21O7P. The number of carbonyl (C=O) groups excluding carboxylic acids is 2. The zero-order valence-electron chi connectivity index (χ0n) is 15.2. The van der Waals surface area contributed by atoms with Gasteiger partial charge < -0.3 is 0 Å². The average molecular weight is 392 g/mol. The summed E-state index contributed by atoms with van der Waals surface area (Å²) in [5, 5.41) is 0. The third kappa shape index (κ3) is 3.46. The summed E-state index contributed by atoms with van der Waals surface area (Å²) < 4.78 is 27.7. The van der Waals surface area contributed by atoms with E-state index in [2.05, 4.69) is 0 Å². The monoisotopic (exact) mass is 392 g/mol. The molecule has 1 aliphatic rings. The maximum absolute atomic E-state index is 13.1. The number of carbonyl (C=O) groups is 2. The molecule has 2 aromatic rings. The number of Topliss-reactive ketones (excluding diaryl/α,β-unsaturated/α-hetero) is 2. The fourth-order valence-corrected chi connectivity index (χ4v) is 5.06. The van der Waals surface area contributed by atoms with Crippen molar-refractivity contribution in [1.29, 1.82) is 0 Å². The molecule has 1 aliphatic heterocycles. The summed E-state index contributed by atoms with van der Waals surface area (Å²) in [4.78, 5) is 26.1. The predicted octanol–water partition coefficient (Wildman–Crippen LogP) is 3.60. The second kappa shape index (κ2) is 7.56. The van der Waals surface area contributed by atoms with Crippen LogP contribution in [-0.2, 0) is 22.6 Å². The van der Waals surface area contributed by atoms with Gasteiger partial charge in [0.2, 0.25) is 0 Å².